The third kappa shape index (κ3) is 5.48. The van der Waals surface area contributed by atoms with E-state index in [2.05, 4.69) is 26.2 Å². The van der Waals surface area contributed by atoms with Crippen molar-refractivity contribution in [2.24, 2.45) is 0 Å². The second-order valence-electron chi connectivity index (χ2n) is 7.84. The second-order valence-corrected chi connectivity index (χ2v) is 7.84. The maximum atomic E-state index is 13.6. The zero-order valence-corrected chi connectivity index (χ0v) is 17.9. The molecule has 0 amide bonds. The fourth-order valence-electron chi connectivity index (χ4n) is 4.02. The summed E-state index contributed by atoms with van der Waals surface area (Å²) in [5.74, 6) is -1.00. The van der Waals surface area contributed by atoms with Crippen molar-refractivity contribution in [1.29, 1.82) is 0 Å². The van der Waals surface area contributed by atoms with Gasteiger partial charge in [0.1, 0.15) is 5.75 Å². The highest BCUT2D eigenvalue weighted by atomic mass is 19.4. The van der Waals surface area contributed by atoms with Crippen LogP contribution in [0.4, 0.5) is 17.6 Å². The Kier molecular flexibility index (Phi) is 6.89. The Hall–Kier alpha value is -3.05. The number of halogens is 4. The molecule has 0 saturated carbocycles. The standard InChI is InChI=1S/C22H24F4N6O/c1-14(23)33-19-10-9-17(32-21(22(24,25)26)29-30-31-32)12-16(19)13-28-18-8-5-11-27-20(18)15-6-3-2-4-7-15/h2-4,6-7,9-10,12,14,18,20,27-28H,5,8,11,13H2,1H3/t14?,18-,20-/m0/s1. The van der Waals surface area contributed by atoms with E-state index in [-0.39, 0.29) is 30.1 Å². The summed E-state index contributed by atoms with van der Waals surface area (Å²) in [5, 5.41) is 16.7. The number of nitrogens with one attached hydrogen (secondary N) is 2. The largest absolute Gasteiger partial charge is 0.460 e. The Morgan fingerprint density at radius 3 is 2.73 bits per heavy atom. The summed E-state index contributed by atoms with van der Waals surface area (Å²) in [5.41, 5.74) is 1.74. The molecule has 1 fully saturated rings. The topological polar surface area (TPSA) is 76.9 Å². The quantitative estimate of drug-likeness (QED) is 0.516. The van der Waals surface area contributed by atoms with Crippen LogP contribution in [0.15, 0.2) is 48.5 Å². The number of alkyl halides is 4. The average Bonchev–Trinajstić information content (AvgIpc) is 3.30. The van der Waals surface area contributed by atoms with E-state index < -0.39 is 18.4 Å². The molecule has 0 aliphatic carbocycles. The number of hydrogen-bond donors (Lipinski definition) is 2. The van der Waals surface area contributed by atoms with Gasteiger partial charge in [-0.3, -0.25) is 0 Å². The van der Waals surface area contributed by atoms with Crippen molar-refractivity contribution in [2.75, 3.05) is 6.54 Å². The molecule has 2 aromatic carbocycles. The van der Waals surface area contributed by atoms with Gasteiger partial charge in [-0.2, -0.15) is 17.9 Å². The fraction of sp³-hybridized carbons (Fsp3) is 0.409. The van der Waals surface area contributed by atoms with E-state index in [9.17, 15) is 17.6 Å². The summed E-state index contributed by atoms with van der Waals surface area (Å²) in [6, 6.07) is 14.4. The van der Waals surface area contributed by atoms with Crippen molar-refractivity contribution in [2.45, 2.75) is 50.9 Å². The average molecular weight is 464 g/mol. The molecule has 1 aliphatic heterocycles. The highest BCUT2D eigenvalue weighted by Gasteiger charge is 2.38. The van der Waals surface area contributed by atoms with Crippen molar-refractivity contribution < 1.29 is 22.3 Å². The van der Waals surface area contributed by atoms with Crippen LogP contribution in [0.5, 0.6) is 5.75 Å². The number of hydrogen-bond acceptors (Lipinski definition) is 6. The molecule has 2 heterocycles. The molecular weight excluding hydrogens is 440 g/mol. The molecular formula is C22H24F4N6O. The minimum absolute atomic E-state index is 0.0687. The lowest BCUT2D eigenvalue weighted by atomic mass is 9.92. The van der Waals surface area contributed by atoms with Crippen molar-refractivity contribution in [3.63, 3.8) is 0 Å². The lowest BCUT2D eigenvalue weighted by Crippen LogP contribution is -2.45. The highest BCUT2D eigenvalue weighted by molar-refractivity contribution is 5.44. The monoisotopic (exact) mass is 464 g/mol. The maximum Gasteiger partial charge on any atom is 0.453 e. The minimum Gasteiger partial charge on any atom is -0.460 e. The molecule has 3 aromatic rings. The summed E-state index contributed by atoms with van der Waals surface area (Å²) in [7, 11) is 0. The van der Waals surface area contributed by atoms with Crippen LogP contribution in [0.25, 0.3) is 5.69 Å². The molecule has 0 bridgehead atoms. The predicted molar refractivity (Wildman–Crippen MR) is 112 cm³/mol. The number of benzene rings is 2. The molecule has 0 radical (unpaired) electrons. The minimum atomic E-state index is -4.72. The molecule has 33 heavy (non-hydrogen) atoms. The van der Waals surface area contributed by atoms with Crippen LogP contribution in [0.2, 0.25) is 0 Å². The van der Waals surface area contributed by atoms with Gasteiger partial charge >= 0.3 is 6.18 Å². The van der Waals surface area contributed by atoms with Crippen LogP contribution in [-0.4, -0.2) is 39.2 Å². The van der Waals surface area contributed by atoms with Crippen LogP contribution in [0.3, 0.4) is 0 Å². The first-order valence-corrected chi connectivity index (χ1v) is 10.6. The molecule has 1 aliphatic rings. The van der Waals surface area contributed by atoms with E-state index in [4.69, 9.17) is 4.74 Å². The first-order chi connectivity index (χ1) is 15.8. The molecule has 11 heteroatoms. The van der Waals surface area contributed by atoms with E-state index in [1.807, 2.05) is 30.3 Å². The summed E-state index contributed by atoms with van der Waals surface area (Å²) in [6.07, 6.45) is -4.42. The van der Waals surface area contributed by atoms with E-state index in [1.54, 1.807) is 0 Å². The number of piperidine rings is 1. The molecule has 7 nitrogen and oxygen atoms in total. The van der Waals surface area contributed by atoms with Gasteiger partial charge in [0.25, 0.3) is 5.82 Å². The highest BCUT2D eigenvalue weighted by Crippen LogP contribution is 2.31. The zero-order chi connectivity index (χ0) is 23.4. The normalized spacial score (nSPS) is 19.9. The van der Waals surface area contributed by atoms with Gasteiger partial charge in [0.05, 0.1) is 5.69 Å². The van der Waals surface area contributed by atoms with Gasteiger partial charge in [0.15, 0.2) is 0 Å². The van der Waals surface area contributed by atoms with Crippen molar-refractivity contribution in [3.8, 4) is 11.4 Å². The maximum absolute atomic E-state index is 13.6. The molecule has 1 unspecified atom stereocenters. The van der Waals surface area contributed by atoms with Crippen LogP contribution < -0.4 is 15.4 Å². The lowest BCUT2D eigenvalue weighted by Gasteiger charge is -2.34. The smallest absolute Gasteiger partial charge is 0.453 e. The fourth-order valence-corrected chi connectivity index (χ4v) is 4.02. The number of nitrogens with zero attached hydrogens (tertiary/aromatic N) is 4. The first kappa shape index (κ1) is 23.1. The third-order valence-electron chi connectivity index (χ3n) is 5.47. The predicted octanol–water partition coefficient (Wildman–Crippen LogP) is 3.96. The van der Waals surface area contributed by atoms with E-state index >= 15 is 0 Å². The SMILES string of the molecule is CC(F)Oc1ccc(-n2nnnc2C(F)(F)F)cc1CN[C@H]1CCCN[C@H]1c1ccccc1. The van der Waals surface area contributed by atoms with Gasteiger partial charge in [-0.25, -0.2) is 4.39 Å². The molecule has 1 saturated heterocycles. The Bertz CT molecular complexity index is 1060. The summed E-state index contributed by atoms with van der Waals surface area (Å²) in [6.45, 7) is 2.39. The van der Waals surface area contributed by atoms with E-state index in [0.717, 1.165) is 24.9 Å². The number of tetrazole rings is 1. The van der Waals surface area contributed by atoms with Gasteiger partial charge in [-0.1, -0.05) is 30.3 Å². The molecule has 0 spiro atoms. The number of rotatable bonds is 7. The second kappa shape index (κ2) is 9.84. The number of ether oxygens (including phenoxy) is 1. The Balaban J connectivity index is 1.60. The van der Waals surface area contributed by atoms with Gasteiger partial charge in [-0.15, -0.1) is 5.10 Å². The van der Waals surface area contributed by atoms with Crippen LogP contribution in [0, 0.1) is 0 Å². The lowest BCUT2D eigenvalue weighted by molar-refractivity contribution is -0.146. The van der Waals surface area contributed by atoms with Crippen molar-refractivity contribution in [1.82, 2.24) is 30.8 Å². The first-order valence-electron chi connectivity index (χ1n) is 10.6. The molecule has 4 rings (SSSR count). The van der Waals surface area contributed by atoms with Gasteiger partial charge < -0.3 is 15.4 Å². The van der Waals surface area contributed by atoms with Gasteiger partial charge in [0.2, 0.25) is 6.36 Å². The van der Waals surface area contributed by atoms with E-state index in [0.29, 0.717) is 10.2 Å². The summed E-state index contributed by atoms with van der Waals surface area (Å²) >= 11 is 0. The van der Waals surface area contributed by atoms with E-state index in [1.165, 1.54) is 25.1 Å². The summed E-state index contributed by atoms with van der Waals surface area (Å²) in [4.78, 5) is 0. The Morgan fingerprint density at radius 1 is 1.21 bits per heavy atom. The molecule has 3 atom stereocenters. The van der Waals surface area contributed by atoms with Crippen molar-refractivity contribution in [3.05, 3.63) is 65.5 Å². The summed E-state index contributed by atoms with van der Waals surface area (Å²) < 4.78 is 59.2. The zero-order valence-electron chi connectivity index (χ0n) is 17.9. The van der Waals surface area contributed by atoms with Crippen LogP contribution in [-0.2, 0) is 12.7 Å². The Morgan fingerprint density at radius 2 is 2.00 bits per heavy atom. The number of aromatic nitrogens is 4. The van der Waals surface area contributed by atoms with Crippen LogP contribution >= 0.6 is 0 Å². The Labute approximate surface area is 188 Å². The van der Waals surface area contributed by atoms with Crippen LogP contribution in [0.1, 0.15) is 42.8 Å². The van der Waals surface area contributed by atoms with Crippen molar-refractivity contribution >= 4 is 0 Å². The molecule has 1 aromatic heterocycles. The molecule has 176 valence electrons. The van der Waals surface area contributed by atoms with Gasteiger partial charge in [-0.05, 0) is 53.6 Å². The van der Waals surface area contributed by atoms with Gasteiger partial charge in [0, 0.05) is 31.1 Å². The third-order valence-corrected chi connectivity index (χ3v) is 5.47. The molecule has 2 N–H and O–H groups in total.